The van der Waals surface area contributed by atoms with Crippen molar-refractivity contribution in [1.82, 2.24) is 4.57 Å². The van der Waals surface area contributed by atoms with Gasteiger partial charge in [-0.1, -0.05) is 115 Å². The Balaban J connectivity index is 1.76. The first-order valence-corrected chi connectivity index (χ1v) is 11.9. The summed E-state index contributed by atoms with van der Waals surface area (Å²) in [5.41, 5.74) is 5.71. The zero-order valence-corrected chi connectivity index (χ0v) is 19.1. The van der Waals surface area contributed by atoms with Crippen LogP contribution in [0.2, 0.25) is 5.02 Å². The van der Waals surface area contributed by atoms with Gasteiger partial charge in [0, 0.05) is 32.3 Å². The minimum Gasteiger partial charge on any atom is -0.308 e. The molecule has 0 N–H and O–H groups in total. The fourth-order valence-electron chi connectivity index (χ4n) is 5.45. The van der Waals surface area contributed by atoms with Crippen molar-refractivity contribution in [3.63, 3.8) is 0 Å². The van der Waals surface area contributed by atoms with Crippen LogP contribution in [0.4, 0.5) is 0 Å². The molecule has 0 bridgehead atoms. The predicted molar refractivity (Wildman–Crippen MR) is 146 cm³/mol. The number of benzene rings is 6. The highest BCUT2D eigenvalue weighted by Crippen LogP contribution is 2.44. The first-order chi connectivity index (χ1) is 16.8. The summed E-state index contributed by atoms with van der Waals surface area (Å²) in [6, 6.07) is 42.9. The molecule has 0 atom stereocenters. The van der Waals surface area contributed by atoms with Gasteiger partial charge in [-0.2, -0.15) is 0 Å². The predicted octanol–water partition coefficient (Wildman–Crippen LogP) is 9.41. The van der Waals surface area contributed by atoms with Crippen molar-refractivity contribution in [2.24, 2.45) is 0 Å². The highest BCUT2D eigenvalue weighted by molar-refractivity contribution is 6.34. The molecule has 0 radical (unpaired) electrons. The standard InChI is InChI=1S/C32H20ClN/c33-28-18-8-5-13-23(28)24-14-6-9-19-29(24)34-30-20-10-7-17-27(30)31-25-15-3-1-11-21(25)22-12-2-4-16-26(22)32(31)34/h1-20H. The molecule has 0 unspecified atom stereocenters. The number of fused-ring (bicyclic) bond motifs is 8. The SMILES string of the molecule is Clc1ccccc1-c1ccccc1-n1c2ccccc2c2c3ccccc3c3ccccc3c21. The lowest BCUT2D eigenvalue weighted by atomic mass is 9.96. The molecule has 0 amide bonds. The molecule has 2 heteroatoms. The van der Waals surface area contributed by atoms with Gasteiger partial charge in [0.25, 0.3) is 0 Å². The topological polar surface area (TPSA) is 4.93 Å². The van der Waals surface area contributed by atoms with Crippen LogP contribution in [0.15, 0.2) is 121 Å². The summed E-state index contributed by atoms with van der Waals surface area (Å²) in [4.78, 5) is 0. The Morgan fingerprint density at radius 2 is 0.971 bits per heavy atom. The molecule has 0 aliphatic carbocycles. The molecular weight excluding hydrogens is 434 g/mol. The maximum absolute atomic E-state index is 6.69. The molecule has 34 heavy (non-hydrogen) atoms. The smallest absolute Gasteiger partial charge is 0.0626 e. The lowest BCUT2D eigenvalue weighted by molar-refractivity contribution is 1.19. The summed E-state index contributed by atoms with van der Waals surface area (Å²) < 4.78 is 2.43. The van der Waals surface area contributed by atoms with Crippen molar-refractivity contribution in [3.8, 4) is 16.8 Å². The molecule has 0 fully saturated rings. The number of halogens is 1. The third-order valence-electron chi connectivity index (χ3n) is 6.85. The van der Waals surface area contributed by atoms with Crippen LogP contribution in [-0.4, -0.2) is 4.57 Å². The number of rotatable bonds is 2. The molecule has 0 saturated carbocycles. The second kappa shape index (κ2) is 7.48. The lowest BCUT2D eigenvalue weighted by Crippen LogP contribution is -1.98. The third-order valence-corrected chi connectivity index (χ3v) is 7.18. The molecule has 7 aromatic rings. The summed E-state index contributed by atoms with van der Waals surface area (Å²) >= 11 is 6.69. The summed E-state index contributed by atoms with van der Waals surface area (Å²) in [5, 5.41) is 8.39. The Morgan fingerprint density at radius 1 is 0.441 bits per heavy atom. The Kier molecular flexibility index (Phi) is 4.27. The molecule has 1 heterocycles. The summed E-state index contributed by atoms with van der Waals surface area (Å²) in [5.74, 6) is 0. The molecule has 160 valence electrons. The van der Waals surface area contributed by atoms with Crippen LogP contribution >= 0.6 is 11.6 Å². The van der Waals surface area contributed by atoms with E-state index in [2.05, 4.69) is 108 Å². The van der Waals surface area contributed by atoms with Gasteiger partial charge in [-0.25, -0.2) is 0 Å². The Hall–Kier alpha value is -4.07. The van der Waals surface area contributed by atoms with Gasteiger partial charge >= 0.3 is 0 Å². The molecule has 0 aliphatic heterocycles. The molecule has 1 nitrogen and oxygen atoms in total. The minimum absolute atomic E-state index is 0.756. The van der Waals surface area contributed by atoms with E-state index in [9.17, 15) is 0 Å². The molecule has 6 aromatic carbocycles. The van der Waals surface area contributed by atoms with Crippen molar-refractivity contribution >= 4 is 55.0 Å². The van der Waals surface area contributed by atoms with E-state index in [0.29, 0.717) is 0 Å². The monoisotopic (exact) mass is 453 g/mol. The average Bonchev–Trinajstić information content (AvgIpc) is 3.25. The minimum atomic E-state index is 0.756. The maximum atomic E-state index is 6.69. The van der Waals surface area contributed by atoms with Gasteiger partial charge in [-0.3, -0.25) is 0 Å². The number of hydrogen-bond acceptors (Lipinski definition) is 0. The molecule has 0 saturated heterocycles. The lowest BCUT2D eigenvalue weighted by Gasteiger charge is -2.16. The van der Waals surface area contributed by atoms with E-state index in [1.54, 1.807) is 0 Å². The van der Waals surface area contributed by atoms with E-state index < -0.39 is 0 Å². The highest BCUT2D eigenvalue weighted by Gasteiger charge is 2.20. The molecule has 0 aliphatic rings. The van der Waals surface area contributed by atoms with Crippen LogP contribution in [0, 0.1) is 0 Å². The van der Waals surface area contributed by atoms with Crippen LogP contribution in [0.1, 0.15) is 0 Å². The van der Waals surface area contributed by atoms with E-state index in [-0.39, 0.29) is 0 Å². The Bertz CT molecular complexity index is 1880. The largest absolute Gasteiger partial charge is 0.308 e. The zero-order chi connectivity index (χ0) is 22.6. The van der Waals surface area contributed by atoms with Crippen molar-refractivity contribution in [2.45, 2.75) is 0 Å². The summed E-state index contributed by atoms with van der Waals surface area (Å²) in [6.07, 6.45) is 0. The Morgan fingerprint density at radius 3 is 1.74 bits per heavy atom. The fourth-order valence-corrected chi connectivity index (χ4v) is 5.69. The first-order valence-electron chi connectivity index (χ1n) is 11.5. The van der Waals surface area contributed by atoms with E-state index in [1.807, 2.05) is 18.2 Å². The fraction of sp³-hybridized carbons (Fsp3) is 0. The first kappa shape index (κ1) is 19.4. The van der Waals surface area contributed by atoms with Crippen molar-refractivity contribution in [1.29, 1.82) is 0 Å². The van der Waals surface area contributed by atoms with Crippen LogP contribution in [-0.2, 0) is 0 Å². The second-order valence-corrected chi connectivity index (χ2v) is 9.07. The average molecular weight is 454 g/mol. The van der Waals surface area contributed by atoms with Gasteiger partial charge < -0.3 is 4.57 Å². The van der Waals surface area contributed by atoms with Crippen molar-refractivity contribution < 1.29 is 0 Å². The number of aromatic nitrogens is 1. The van der Waals surface area contributed by atoms with E-state index in [4.69, 9.17) is 11.6 Å². The van der Waals surface area contributed by atoms with Crippen LogP contribution in [0.5, 0.6) is 0 Å². The maximum Gasteiger partial charge on any atom is 0.0626 e. The molecule has 1 aromatic heterocycles. The Labute approximate surface area is 202 Å². The van der Waals surface area contributed by atoms with Gasteiger partial charge in [-0.15, -0.1) is 0 Å². The van der Waals surface area contributed by atoms with Crippen LogP contribution in [0.25, 0.3) is 60.2 Å². The highest BCUT2D eigenvalue weighted by atomic mass is 35.5. The van der Waals surface area contributed by atoms with E-state index in [1.165, 1.54) is 43.4 Å². The molecule has 7 rings (SSSR count). The second-order valence-electron chi connectivity index (χ2n) is 8.66. The van der Waals surface area contributed by atoms with E-state index in [0.717, 1.165) is 21.8 Å². The van der Waals surface area contributed by atoms with Crippen molar-refractivity contribution in [2.75, 3.05) is 0 Å². The number of para-hydroxylation sites is 2. The molecular formula is C32H20ClN. The summed E-state index contributed by atoms with van der Waals surface area (Å²) in [6.45, 7) is 0. The van der Waals surface area contributed by atoms with E-state index >= 15 is 0 Å². The van der Waals surface area contributed by atoms with Gasteiger partial charge in [0.05, 0.1) is 16.7 Å². The van der Waals surface area contributed by atoms with Gasteiger partial charge in [0.2, 0.25) is 0 Å². The van der Waals surface area contributed by atoms with Gasteiger partial charge in [0.15, 0.2) is 0 Å². The van der Waals surface area contributed by atoms with Crippen molar-refractivity contribution in [3.05, 3.63) is 126 Å². The zero-order valence-electron chi connectivity index (χ0n) is 18.4. The van der Waals surface area contributed by atoms with Gasteiger partial charge in [-0.05, 0) is 34.4 Å². The van der Waals surface area contributed by atoms with Gasteiger partial charge in [0.1, 0.15) is 0 Å². The number of nitrogens with zero attached hydrogens (tertiary/aromatic N) is 1. The summed E-state index contributed by atoms with van der Waals surface area (Å²) in [7, 11) is 0. The molecule has 0 spiro atoms. The quantitative estimate of drug-likeness (QED) is 0.230. The normalized spacial score (nSPS) is 11.7. The number of hydrogen-bond donors (Lipinski definition) is 0. The third kappa shape index (κ3) is 2.68. The van der Waals surface area contributed by atoms with Crippen LogP contribution < -0.4 is 0 Å². The van der Waals surface area contributed by atoms with Crippen LogP contribution in [0.3, 0.4) is 0 Å².